The third kappa shape index (κ3) is 4.71. The summed E-state index contributed by atoms with van der Waals surface area (Å²) in [6.45, 7) is 2.37. The van der Waals surface area contributed by atoms with Gasteiger partial charge in [-0.25, -0.2) is 9.67 Å². The van der Waals surface area contributed by atoms with Gasteiger partial charge in [0.05, 0.1) is 23.0 Å². The Morgan fingerprint density at radius 3 is 2.76 bits per heavy atom. The van der Waals surface area contributed by atoms with Crippen molar-refractivity contribution < 1.29 is 4.74 Å². The maximum atomic E-state index is 9.58. The molecule has 13 heteroatoms. The Kier molecular flexibility index (Phi) is 6.38. The molecule has 33 heavy (non-hydrogen) atoms. The zero-order valence-electron chi connectivity index (χ0n) is 18.1. The fourth-order valence-corrected chi connectivity index (χ4v) is 3.93. The van der Waals surface area contributed by atoms with Gasteiger partial charge < -0.3 is 21.1 Å². The molecule has 4 aromatic rings. The van der Waals surface area contributed by atoms with Crippen molar-refractivity contribution >= 4 is 50.6 Å². The Labute approximate surface area is 193 Å². The minimum absolute atomic E-state index is 0.0724. The smallest absolute Gasteiger partial charge is 0.224 e. The summed E-state index contributed by atoms with van der Waals surface area (Å²) in [5.41, 5.74) is 7.27. The topological polar surface area (TPSA) is 164 Å². The molecule has 0 saturated carbocycles. The van der Waals surface area contributed by atoms with Crippen LogP contribution in [0.3, 0.4) is 0 Å². The van der Waals surface area contributed by atoms with Crippen molar-refractivity contribution in [1.82, 2.24) is 24.7 Å². The molecular formula is C20H21N11OS. The number of nitrogens with one attached hydrogen (secondary N) is 2. The first-order valence-corrected chi connectivity index (χ1v) is 10.7. The van der Waals surface area contributed by atoms with Gasteiger partial charge in [-0.15, -0.1) is 15.3 Å². The minimum atomic E-state index is -0.0733. The summed E-state index contributed by atoms with van der Waals surface area (Å²) in [4.78, 5) is 13.0. The SMILES string of the molecule is CNc1nc(N)nc(NC(C)COC)c1/N=N\c1nn(-c2nc3ccccc3s2)cc1C#N. The van der Waals surface area contributed by atoms with E-state index in [1.165, 1.54) is 16.0 Å². The van der Waals surface area contributed by atoms with E-state index < -0.39 is 0 Å². The van der Waals surface area contributed by atoms with Crippen LogP contribution in [0.25, 0.3) is 15.3 Å². The minimum Gasteiger partial charge on any atom is -0.383 e. The summed E-state index contributed by atoms with van der Waals surface area (Å²) in [7, 11) is 3.29. The Hall–Kier alpha value is -4.15. The van der Waals surface area contributed by atoms with Gasteiger partial charge in [-0.3, -0.25) is 0 Å². The van der Waals surface area contributed by atoms with E-state index in [1.54, 1.807) is 20.4 Å². The summed E-state index contributed by atoms with van der Waals surface area (Å²) in [5.74, 6) is 0.974. The molecular weight excluding hydrogens is 442 g/mol. The van der Waals surface area contributed by atoms with E-state index in [0.717, 1.165) is 10.2 Å². The Morgan fingerprint density at radius 1 is 1.24 bits per heavy atom. The number of ether oxygens (including phenoxy) is 1. The molecule has 3 heterocycles. The van der Waals surface area contributed by atoms with Gasteiger partial charge >= 0.3 is 0 Å². The predicted octanol–water partition coefficient (Wildman–Crippen LogP) is 3.63. The quantitative estimate of drug-likeness (QED) is 0.331. The Bertz CT molecular complexity index is 1320. The summed E-state index contributed by atoms with van der Waals surface area (Å²) in [6.07, 6.45) is 1.57. The van der Waals surface area contributed by atoms with Crippen LogP contribution >= 0.6 is 11.3 Å². The van der Waals surface area contributed by atoms with Crippen molar-refractivity contribution in [3.8, 4) is 11.2 Å². The highest BCUT2D eigenvalue weighted by Gasteiger charge is 2.17. The predicted molar refractivity (Wildman–Crippen MR) is 127 cm³/mol. The Morgan fingerprint density at radius 2 is 2.03 bits per heavy atom. The number of nitriles is 1. The van der Waals surface area contributed by atoms with Gasteiger partial charge in [0, 0.05) is 20.2 Å². The van der Waals surface area contributed by atoms with Crippen LogP contribution in [-0.4, -0.2) is 51.5 Å². The highest BCUT2D eigenvalue weighted by Crippen LogP contribution is 2.34. The summed E-state index contributed by atoms with van der Waals surface area (Å²) < 4.78 is 7.71. The number of hydrogen-bond acceptors (Lipinski definition) is 12. The molecule has 0 aliphatic heterocycles. The van der Waals surface area contributed by atoms with Gasteiger partial charge in [0.15, 0.2) is 17.3 Å². The zero-order chi connectivity index (χ0) is 23.4. The van der Waals surface area contributed by atoms with Crippen molar-refractivity contribution in [2.24, 2.45) is 10.2 Å². The van der Waals surface area contributed by atoms with E-state index in [1.807, 2.05) is 31.2 Å². The lowest BCUT2D eigenvalue weighted by molar-refractivity contribution is 0.190. The lowest BCUT2D eigenvalue weighted by Gasteiger charge is -2.16. The molecule has 0 amide bonds. The van der Waals surface area contributed by atoms with Crippen LogP contribution in [0.15, 0.2) is 40.7 Å². The average Bonchev–Trinajstić information content (AvgIpc) is 3.42. The molecule has 0 aliphatic carbocycles. The summed E-state index contributed by atoms with van der Waals surface area (Å²) >= 11 is 1.46. The second-order valence-corrected chi connectivity index (χ2v) is 7.97. The van der Waals surface area contributed by atoms with E-state index in [-0.39, 0.29) is 23.4 Å². The number of rotatable bonds is 8. The first kappa shape index (κ1) is 22.1. The number of aromatic nitrogens is 5. The average molecular weight is 464 g/mol. The third-order valence-corrected chi connectivity index (χ3v) is 5.50. The highest BCUT2D eigenvalue weighted by molar-refractivity contribution is 7.20. The molecule has 0 bridgehead atoms. The number of hydrogen-bond donors (Lipinski definition) is 3. The van der Waals surface area contributed by atoms with Crippen LogP contribution in [0.4, 0.5) is 29.1 Å². The largest absolute Gasteiger partial charge is 0.383 e. The molecule has 0 fully saturated rings. The van der Waals surface area contributed by atoms with Gasteiger partial charge in [-0.1, -0.05) is 23.5 Å². The number of thiazole rings is 1. The van der Waals surface area contributed by atoms with Gasteiger partial charge in [0.25, 0.3) is 0 Å². The number of para-hydroxylation sites is 1. The fourth-order valence-electron chi connectivity index (χ4n) is 3.04. The number of anilines is 3. The molecule has 168 valence electrons. The molecule has 4 rings (SSSR count). The van der Waals surface area contributed by atoms with Crippen LogP contribution in [0.2, 0.25) is 0 Å². The van der Waals surface area contributed by atoms with Crippen molar-refractivity contribution in [3.05, 3.63) is 36.0 Å². The maximum absolute atomic E-state index is 9.58. The molecule has 0 saturated heterocycles. The van der Waals surface area contributed by atoms with Crippen molar-refractivity contribution in [2.45, 2.75) is 13.0 Å². The van der Waals surface area contributed by atoms with E-state index in [9.17, 15) is 5.26 Å². The molecule has 1 unspecified atom stereocenters. The second kappa shape index (κ2) is 9.55. The number of nitrogens with two attached hydrogens (primary N) is 1. The lowest BCUT2D eigenvalue weighted by atomic mass is 10.3. The number of azo groups is 1. The van der Waals surface area contributed by atoms with Gasteiger partial charge in [-0.2, -0.15) is 15.2 Å². The summed E-state index contributed by atoms with van der Waals surface area (Å²) in [6, 6.07) is 9.79. The molecule has 0 spiro atoms. The number of fused-ring (bicyclic) bond motifs is 1. The number of nitrogens with zero attached hydrogens (tertiary/aromatic N) is 8. The molecule has 0 radical (unpaired) electrons. The molecule has 1 aromatic carbocycles. The summed E-state index contributed by atoms with van der Waals surface area (Å²) in [5, 5.41) is 29.3. The Balaban J connectivity index is 1.71. The lowest BCUT2D eigenvalue weighted by Crippen LogP contribution is -2.22. The molecule has 4 N–H and O–H groups in total. The fraction of sp³-hybridized carbons (Fsp3) is 0.250. The normalized spacial score (nSPS) is 12.2. The van der Waals surface area contributed by atoms with Crippen molar-refractivity contribution in [2.75, 3.05) is 37.1 Å². The monoisotopic (exact) mass is 463 g/mol. The maximum Gasteiger partial charge on any atom is 0.224 e. The van der Waals surface area contributed by atoms with E-state index in [0.29, 0.717) is 29.1 Å². The number of benzene rings is 1. The van der Waals surface area contributed by atoms with Crippen LogP contribution in [0.1, 0.15) is 12.5 Å². The first-order chi connectivity index (χ1) is 16.0. The van der Waals surface area contributed by atoms with Crippen LogP contribution in [0, 0.1) is 11.3 Å². The van der Waals surface area contributed by atoms with E-state index in [4.69, 9.17) is 10.5 Å². The van der Waals surface area contributed by atoms with Gasteiger partial charge in [0.2, 0.25) is 16.9 Å². The molecule has 3 aromatic heterocycles. The molecule has 0 aliphatic rings. The van der Waals surface area contributed by atoms with Crippen LogP contribution in [0.5, 0.6) is 0 Å². The van der Waals surface area contributed by atoms with E-state index >= 15 is 0 Å². The van der Waals surface area contributed by atoms with Crippen molar-refractivity contribution in [3.63, 3.8) is 0 Å². The number of nitrogen functional groups attached to an aromatic ring is 1. The highest BCUT2D eigenvalue weighted by atomic mass is 32.1. The van der Waals surface area contributed by atoms with Gasteiger partial charge in [-0.05, 0) is 19.1 Å². The van der Waals surface area contributed by atoms with E-state index in [2.05, 4.69) is 47.0 Å². The van der Waals surface area contributed by atoms with Crippen LogP contribution in [-0.2, 0) is 4.74 Å². The zero-order valence-corrected chi connectivity index (χ0v) is 19.0. The van der Waals surface area contributed by atoms with Crippen molar-refractivity contribution in [1.29, 1.82) is 5.26 Å². The van der Waals surface area contributed by atoms with Crippen LogP contribution < -0.4 is 16.4 Å². The first-order valence-electron chi connectivity index (χ1n) is 9.90. The third-order valence-electron chi connectivity index (χ3n) is 4.48. The van der Waals surface area contributed by atoms with Gasteiger partial charge in [0.1, 0.15) is 11.6 Å². The number of methoxy groups -OCH3 is 1. The standard InChI is InChI=1S/C20H21N11OS/c1-11(10-32-3)24-18-15(17(23-2)26-19(22)27-18)28-29-16-12(8-21)9-31(30-16)20-25-13-6-4-5-7-14(13)33-20/h4-7,9,11H,10H2,1-3H3,(H4,22,23,24,26,27)/b29-28-. The second-order valence-electron chi connectivity index (χ2n) is 6.97. The molecule has 1 atom stereocenters. The molecule has 12 nitrogen and oxygen atoms in total.